The smallest absolute Gasteiger partial charge is 0.263 e. The maximum absolute atomic E-state index is 12.1. The molecule has 0 saturated heterocycles. The van der Waals surface area contributed by atoms with Gasteiger partial charge in [-0.25, -0.2) is 0 Å². The van der Waals surface area contributed by atoms with E-state index in [-0.39, 0.29) is 12.5 Å². The summed E-state index contributed by atoms with van der Waals surface area (Å²) in [5.41, 5.74) is -0.940. The zero-order chi connectivity index (χ0) is 15.0. The van der Waals surface area contributed by atoms with Crippen molar-refractivity contribution in [1.82, 2.24) is 5.32 Å². The summed E-state index contributed by atoms with van der Waals surface area (Å²) in [4.78, 5) is 12.1. The molecule has 0 aliphatic heterocycles. The van der Waals surface area contributed by atoms with Crippen LogP contribution in [0.2, 0.25) is 5.02 Å². The van der Waals surface area contributed by atoms with Crippen LogP contribution in [-0.2, 0) is 4.79 Å². The minimum absolute atomic E-state index is 0.156. The van der Waals surface area contributed by atoms with Crippen LogP contribution in [0.3, 0.4) is 0 Å². The Morgan fingerprint density at radius 3 is 2.50 bits per heavy atom. The van der Waals surface area contributed by atoms with Gasteiger partial charge in [0.15, 0.2) is 5.60 Å². The zero-order valence-electron chi connectivity index (χ0n) is 12.0. The first-order chi connectivity index (χ1) is 9.45. The standard InChI is InChI=1S/C15H22ClNO3/c1-15(2,14(19)17-10-4-3-5-11-18)20-13-8-6-12(16)7-9-13/h6-9,18H,3-5,10-11H2,1-2H3,(H,17,19). The number of hydrogen-bond acceptors (Lipinski definition) is 3. The van der Waals surface area contributed by atoms with Crippen LogP contribution in [0.5, 0.6) is 5.75 Å². The number of rotatable bonds is 8. The van der Waals surface area contributed by atoms with Crippen LogP contribution in [-0.4, -0.2) is 29.8 Å². The summed E-state index contributed by atoms with van der Waals surface area (Å²) < 4.78 is 5.69. The molecule has 1 aromatic rings. The van der Waals surface area contributed by atoms with Gasteiger partial charge >= 0.3 is 0 Å². The maximum atomic E-state index is 12.1. The molecule has 0 atom stereocenters. The number of ether oxygens (including phenoxy) is 1. The van der Waals surface area contributed by atoms with E-state index < -0.39 is 5.60 Å². The van der Waals surface area contributed by atoms with Crippen LogP contribution >= 0.6 is 11.6 Å². The van der Waals surface area contributed by atoms with Gasteiger partial charge in [0.1, 0.15) is 5.75 Å². The lowest BCUT2D eigenvalue weighted by molar-refractivity contribution is -0.134. The van der Waals surface area contributed by atoms with Crippen molar-refractivity contribution in [2.75, 3.05) is 13.2 Å². The second-order valence-electron chi connectivity index (χ2n) is 5.11. The Morgan fingerprint density at radius 1 is 1.25 bits per heavy atom. The maximum Gasteiger partial charge on any atom is 0.263 e. The van der Waals surface area contributed by atoms with Gasteiger partial charge in [0.25, 0.3) is 5.91 Å². The fourth-order valence-corrected chi connectivity index (χ4v) is 1.80. The van der Waals surface area contributed by atoms with Gasteiger partial charge in [-0.05, 0) is 57.4 Å². The molecule has 0 heterocycles. The lowest BCUT2D eigenvalue weighted by atomic mass is 10.1. The van der Waals surface area contributed by atoms with Crippen LogP contribution in [0.1, 0.15) is 33.1 Å². The number of hydrogen-bond donors (Lipinski definition) is 2. The number of unbranched alkanes of at least 4 members (excludes halogenated alkanes) is 2. The summed E-state index contributed by atoms with van der Waals surface area (Å²) in [5.74, 6) is 0.450. The molecule has 1 rings (SSSR count). The van der Waals surface area contributed by atoms with Crippen LogP contribution in [0.4, 0.5) is 0 Å². The van der Waals surface area contributed by atoms with Crippen LogP contribution in [0, 0.1) is 0 Å². The van der Waals surface area contributed by atoms with Crippen molar-refractivity contribution in [3.8, 4) is 5.75 Å². The largest absolute Gasteiger partial charge is 0.478 e. The number of aliphatic hydroxyl groups is 1. The molecule has 2 N–H and O–H groups in total. The Bertz CT molecular complexity index is 418. The molecule has 0 bridgehead atoms. The highest BCUT2D eigenvalue weighted by atomic mass is 35.5. The Kier molecular flexibility index (Phi) is 6.82. The molecule has 0 unspecified atom stereocenters. The second-order valence-corrected chi connectivity index (χ2v) is 5.54. The number of amides is 1. The summed E-state index contributed by atoms with van der Waals surface area (Å²) in [5, 5.41) is 12.1. The summed E-state index contributed by atoms with van der Waals surface area (Å²) in [6.07, 6.45) is 2.51. The molecular weight excluding hydrogens is 278 g/mol. The molecule has 0 radical (unpaired) electrons. The molecule has 20 heavy (non-hydrogen) atoms. The van der Waals surface area contributed by atoms with Gasteiger partial charge in [-0.1, -0.05) is 11.6 Å². The minimum Gasteiger partial charge on any atom is -0.478 e. The first-order valence-corrected chi connectivity index (χ1v) is 7.17. The molecule has 112 valence electrons. The van der Waals surface area contributed by atoms with Crippen molar-refractivity contribution in [2.24, 2.45) is 0 Å². The predicted octanol–water partition coefficient (Wildman–Crippen LogP) is 2.78. The second kappa shape index (κ2) is 8.12. The van der Waals surface area contributed by atoms with Gasteiger partial charge in [0, 0.05) is 18.2 Å². The minimum atomic E-state index is -0.940. The van der Waals surface area contributed by atoms with E-state index >= 15 is 0 Å². The summed E-state index contributed by atoms with van der Waals surface area (Å²) in [6.45, 7) is 4.24. The summed E-state index contributed by atoms with van der Waals surface area (Å²) >= 11 is 5.80. The van der Waals surface area contributed by atoms with Crippen molar-refractivity contribution in [3.63, 3.8) is 0 Å². The third-order valence-corrected chi connectivity index (χ3v) is 3.11. The van der Waals surface area contributed by atoms with Crippen molar-refractivity contribution < 1.29 is 14.6 Å². The first-order valence-electron chi connectivity index (χ1n) is 6.79. The molecule has 0 spiro atoms. The van der Waals surface area contributed by atoms with E-state index in [4.69, 9.17) is 21.4 Å². The molecule has 0 saturated carbocycles. The Balaban J connectivity index is 2.42. The van der Waals surface area contributed by atoms with Crippen LogP contribution < -0.4 is 10.1 Å². The Labute approximate surface area is 125 Å². The molecule has 0 aliphatic rings. The monoisotopic (exact) mass is 299 g/mol. The average molecular weight is 300 g/mol. The van der Waals surface area contributed by atoms with Crippen molar-refractivity contribution in [3.05, 3.63) is 29.3 Å². The van der Waals surface area contributed by atoms with E-state index in [0.29, 0.717) is 17.3 Å². The van der Waals surface area contributed by atoms with E-state index in [1.165, 1.54) is 0 Å². The molecule has 0 aromatic heterocycles. The summed E-state index contributed by atoms with van der Waals surface area (Å²) in [6, 6.07) is 6.91. The predicted molar refractivity (Wildman–Crippen MR) is 80.1 cm³/mol. The number of carbonyl (C=O) groups is 1. The molecule has 1 amide bonds. The van der Waals surface area contributed by atoms with Gasteiger partial charge in [0.2, 0.25) is 0 Å². The first kappa shape index (κ1) is 16.8. The van der Waals surface area contributed by atoms with Gasteiger partial charge < -0.3 is 15.2 Å². The van der Waals surface area contributed by atoms with E-state index in [9.17, 15) is 4.79 Å². The highest BCUT2D eigenvalue weighted by molar-refractivity contribution is 6.30. The summed E-state index contributed by atoms with van der Waals surface area (Å²) in [7, 11) is 0. The zero-order valence-corrected chi connectivity index (χ0v) is 12.7. The Morgan fingerprint density at radius 2 is 1.90 bits per heavy atom. The lowest BCUT2D eigenvalue weighted by Gasteiger charge is -2.25. The number of nitrogens with one attached hydrogen (secondary N) is 1. The lowest BCUT2D eigenvalue weighted by Crippen LogP contribution is -2.46. The molecule has 0 aliphatic carbocycles. The highest BCUT2D eigenvalue weighted by Crippen LogP contribution is 2.20. The fraction of sp³-hybridized carbons (Fsp3) is 0.533. The molecular formula is C15H22ClNO3. The SMILES string of the molecule is CC(C)(Oc1ccc(Cl)cc1)C(=O)NCCCCCO. The van der Waals surface area contributed by atoms with E-state index in [1.54, 1.807) is 38.1 Å². The normalized spacial score (nSPS) is 11.2. The van der Waals surface area contributed by atoms with Gasteiger partial charge in [-0.2, -0.15) is 0 Å². The van der Waals surface area contributed by atoms with E-state index in [0.717, 1.165) is 19.3 Å². The van der Waals surface area contributed by atoms with E-state index in [2.05, 4.69) is 5.32 Å². The van der Waals surface area contributed by atoms with E-state index in [1.807, 2.05) is 0 Å². The van der Waals surface area contributed by atoms with Crippen molar-refractivity contribution in [2.45, 2.75) is 38.7 Å². The molecule has 5 heteroatoms. The van der Waals surface area contributed by atoms with Crippen molar-refractivity contribution >= 4 is 17.5 Å². The average Bonchev–Trinajstić information content (AvgIpc) is 2.40. The molecule has 1 aromatic carbocycles. The van der Waals surface area contributed by atoms with Crippen molar-refractivity contribution in [1.29, 1.82) is 0 Å². The van der Waals surface area contributed by atoms with Crippen LogP contribution in [0.25, 0.3) is 0 Å². The van der Waals surface area contributed by atoms with Crippen LogP contribution in [0.15, 0.2) is 24.3 Å². The topological polar surface area (TPSA) is 58.6 Å². The quantitative estimate of drug-likeness (QED) is 0.726. The van der Waals surface area contributed by atoms with Gasteiger partial charge in [-0.15, -0.1) is 0 Å². The number of halogens is 1. The molecule has 0 fully saturated rings. The third-order valence-electron chi connectivity index (χ3n) is 2.85. The number of aliphatic hydroxyl groups excluding tert-OH is 1. The van der Waals surface area contributed by atoms with Gasteiger partial charge in [0.05, 0.1) is 0 Å². The highest BCUT2D eigenvalue weighted by Gasteiger charge is 2.29. The molecule has 4 nitrogen and oxygen atoms in total. The van der Waals surface area contributed by atoms with Gasteiger partial charge in [-0.3, -0.25) is 4.79 Å². The number of carbonyl (C=O) groups excluding carboxylic acids is 1. The fourth-order valence-electron chi connectivity index (χ4n) is 1.67. The third kappa shape index (κ3) is 5.80. The Hall–Kier alpha value is -1.26. The number of benzene rings is 1.